The smallest absolute Gasteiger partial charge is 0.226 e. The zero-order chi connectivity index (χ0) is 23.2. The van der Waals surface area contributed by atoms with Crippen molar-refractivity contribution in [2.75, 3.05) is 18.4 Å². The van der Waals surface area contributed by atoms with Crippen LogP contribution in [0, 0.1) is 12.8 Å². The highest BCUT2D eigenvalue weighted by molar-refractivity contribution is 7.99. The van der Waals surface area contributed by atoms with Crippen molar-refractivity contribution in [3.05, 3.63) is 89.5 Å². The van der Waals surface area contributed by atoms with Crippen molar-refractivity contribution < 1.29 is 4.79 Å². The van der Waals surface area contributed by atoms with Gasteiger partial charge in [0.2, 0.25) is 5.91 Å². The molecular weight excluding hydrogens is 424 g/mol. The van der Waals surface area contributed by atoms with Gasteiger partial charge in [-0.3, -0.25) is 9.69 Å². The fourth-order valence-corrected chi connectivity index (χ4v) is 5.23. The quantitative estimate of drug-likeness (QED) is 0.409. The molecule has 1 fully saturated rings. The molecule has 0 saturated carbocycles. The van der Waals surface area contributed by atoms with Crippen molar-refractivity contribution in [3.8, 4) is 0 Å². The minimum Gasteiger partial charge on any atom is -0.326 e. The van der Waals surface area contributed by atoms with E-state index in [0.717, 1.165) is 38.2 Å². The second kappa shape index (κ2) is 11.0. The third kappa shape index (κ3) is 6.49. The summed E-state index contributed by atoms with van der Waals surface area (Å²) < 4.78 is 0. The van der Waals surface area contributed by atoms with Crippen LogP contribution in [0.1, 0.15) is 49.3 Å². The van der Waals surface area contributed by atoms with E-state index in [1.165, 1.54) is 26.5 Å². The van der Waals surface area contributed by atoms with Gasteiger partial charge in [-0.05, 0) is 91.9 Å². The number of piperidine rings is 1. The van der Waals surface area contributed by atoms with Gasteiger partial charge < -0.3 is 5.32 Å². The first-order chi connectivity index (χ1) is 16.0. The Hall–Kier alpha value is -2.56. The number of benzene rings is 3. The van der Waals surface area contributed by atoms with Gasteiger partial charge in [0.25, 0.3) is 0 Å². The van der Waals surface area contributed by atoms with E-state index in [2.05, 4.69) is 83.9 Å². The largest absolute Gasteiger partial charge is 0.326 e. The molecule has 3 nitrogen and oxygen atoms in total. The van der Waals surface area contributed by atoms with E-state index in [4.69, 9.17) is 0 Å². The average Bonchev–Trinajstić information content (AvgIpc) is 2.83. The molecule has 3 aromatic carbocycles. The maximum atomic E-state index is 12.1. The molecule has 0 spiro atoms. The Kier molecular flexibility index (Phi) is 7.89. The summed E-state index contributed by atoms with van der Waals surface area (Å²) in [5.41, 5.74) is 5.01. The number of carbonyl (C=O) groups excluding carboxylic acids is 1. The molecule has 3 aromatic rings. The van der Waals surface area contributed by atoms with Gasteiger partial charge in [-0.1, -0.05) is 62.0 Å². The van der Waals surface area contributed by atoms with Crippen molar-refractivity contribution in [3.63, 3.8) is 0 Å². The number of hydrogen-bond donors (Lipinski definition) is 1. The number of aryl methyl sites for hydroxylation is 1. The first-order valence-corrected chi connectivity index (χ1v) is 12.7. The molecule has 4 heteroatoms. The molecule has 0 bridgehead atoms. The molecule has 33 heavy (non-hydrogen) atoms. The summed E-state index contributed by atoms with van der Waals surface area (Å²) in [7, 11) is 0. The predicted molar refractivity (Wildman–Crippen MR) is 139 cm³/mol. The Morgan fingerprint density at radius 1 is 0.970 bits per heavy atom. The Morgan fingerprint density at radius 3 is 2.30 bits per heavy atom. The lowest BCUT2D eigenvalue weighted by atomic mass is 9.86. The Bertz CT molecular complexity index is 1050. The summed E-state index contributed by atoms with van der Waals surface area (Å²) in [6.07, 6.45) is 2.31. The molecule has 0 aromatic heterocycles. The summed E-state index contributed by atoms with van der Waals surface area (Å²) in [6, 6.07) is 25.9. The summed E-state index contributed by atoms with van der Waals surface area (Å²) in [5, 5.41) is 3.06. The summed E-state index contributed by atoms with van der Waals surface area (Å²) in [6.45, 7) is 9.25. The van der Waals surface area contributed by atoms with Crippen molar-refractivity contribution in [1.82, 2.24) is 4.90 Å². The third-order valence-corrected chi connectivity index (χ3v) is 7.42. The lowest BCUT2D eigenvalue weighted by Crippen LogP contribution is -2.32. The van der Waals surface area contributed by atoms with Gasteiger partial charge in [0.05, 0.1) is 0 Å². The topological polar surface area (TPSA) is 32.3 Å². The molecular formula is C29H34N2OS. The maximum absolute atomic E-state index is 12.1. The number of nitrogens with one attached hydrogen (secondary N) is 1. The number of likely N-dealkylation sites (tertiary alicyclic amines) is 1. The van der Waals surface area contributed by atoms with Gasteiger partial charge in [0, 0.05) is 27.9 Å². The molecule has 1 aliphatic rings. The van der Waals surface area contributed by atoms with Crippen molar-refractivity contribution in [2.45, 2.75) is 55.9 Å². The van der Waals surface area contributed by atoms with Gasteiger partial charge in [-0.15, -0.1) is 0 Å². The van der Waals surface area contributed by atoms with Crippen molar-refractivity contribution >= 4 is 23.4 Å². The van der Waals surface area contributed by atoms with E-state index in [1.807, 2.05) is 31.7 Å². The highest BCUT2D eigenvalue weighted by Crippen LogP contribution is 2.33. The first-order valence-electron chi connectivity index (χ1n) is 11.9. The van der Waals surface area contributed by atoms with Crippen LogP contribution in [0.4, 0.5) is 5.69 Å². The van der Waals surface area contributed by atoms with E-state index in [9.17, 15) is 4.79 Å². The molecule has 1 saturated heterocycles. The fourth-order valence-electron chi connectivity index (χ4n) is 4.39. The second-order valence-corrected chi connectivity index (χ2v) is 10.5. The number of rotatable bonds is 7. The summed E-state index contributed by atoms with van der Waals surface area (Å²) >= 11 is 1.81. The van der Waals surface area contributed by atoms with E-state index < -0.39 is 0 Å². The number of hydrogen-bond acceptors (Lipinski definition) is 3. The Labute approximate surface area is 202 Å². The molecule has 1 heterocycles. The normalized spacial score (nSPS) is 15.0. The number of nitrogens with zero attached hydrogens (tertiary/aromatic N) is 1. The molecule has 0 unspecified atom stereocenters. The fraction of sp³-hybridized carbons (Fsp3) is 0.345. The van der Waals surface area contributed by atoms with Crippen LogP contribution < -0.4 is 5.32 Å². The highest BCUT2D eigenvalue weighted by atomic mass is 32.2. The Morgan fingerprint density at radius 2 is 1.64 bits per heavy atom. The molecule has 4 rings (SSSR count). The molecule has 1 amide bonds. The number of amides is 1. The minimum atomic E-state index is -0.0102. The zero-order valence-electron chi connectivity index (χ0n) is 19.9. The highest BCUT2D eigenvalue weighted by Gasteiger charge is 2.22. The maximum Gasteiger partial charge on any atom is 0.226 e. The van der Waals surface area contributed by atoms with E-state index >= 15 is 0 Å². The zero-order valence-corrected chi connectivity index (χ0v) is 20.7. The Balaban J connectivity index is 1.31. The lowest BCUT2D eigenvalue weighted by molar-refractivity contribution is -0.118. The molecule has 0 aliphatic carbocycles. The predicted octanol–water partition coefficient (Wildman–Crippen LogP) is 7.12. The average molecular weight is 459 g/mol. The second-order valence-electron chi connectivity index (χ2n) is 9.32. The molecule has 172 valence electrons. The van der Waals surface area contributed by atoms with E-state index in [0.29, 0.717) is 5.92 Å². The lowest BCUT2D eigenvalue weighted by Gasteiger charge is -2.33. The van der Waals surface area contributed by atoms with Crippen LogP contribution in [0.15, 0.2) is 82.6 Å². The van der Waals surface area contributed by atoms with Crippen LogP contribution in [0.3, 0.4) is 0 Å². The number of carbonyl (C=O) groups is 1. The summed E-state index contributed by atoms with van der Waals surface area (Å²) in [4.78, 5) is 17.2. The monoisotopic (exact) mass is 458 g/mol. The van der Waals surface area contributed by atoms with Crippen LogP contribution in [-0.4, -0.2) is 23.9 Å². The van der Waals surface area contributed by atoms with Gasteiger partial charge in [-0.2, -0.15) is 0 Å². The van der Waals surface area contributed by atoms with Gasteiger partial charge in [0.1, 0.15) is 0 Å². The van der Waals surface area contributed by atoms with Crippen molar-refractivity contribution in [1.29, 1.82) is 0 Å². The molecule has 1 N–H and O–H groups in total. The first kappa shape index (κ1) is 23.6. The van der Waals surface area contributed by atoms with Gasteiger partial charge in [-0.25, -0.2) is 0 Å². The van der Waals surface area contributed by atoms with Crippen LogP contribution in [0.25, 0.3) is 0 Å². The molecule has 0 radical (unpaired) electrons. The SMILES string of the molecule is Cc1ccc(NC(=O)C(C)C)cc1C1CCN(Cc2ccc(Sc3ccccc3)cc2)CC1. The number of anilines is 1. The van der Waals surface area contributed by atoms with Gasteiger partial charge in [0.15, 0.2) is 0 Å². The standard InChI is InChI=1S/C29H34N2OS/c1-21(2)29(32)30-25-12-9-22(3)28(19-25)24-15-17-31(18-16-24)20-23-10-13-27(14-11-23)33-26-7-5-4-6-8-26/h4-14,19,21,24H,15-18,20H2,1-3H3,(H,30,32). The summed E-state index contributed by atoms with van der Waals surface area (Å²) in [5.74, 6) is 0.624. The third-order valence-electron chi connectivity index (χ3n) is 6.41. The minimum absolute atomic E-state index is 0.0102. The van der Waals surface area contributed by atoms with Gasteiger partial charge >= 0.3 is 0 Å². The van der Waals surface area contributed by atoms with Crippen molar-refractivity contribution in [2.24, 2.45) is 5.92 Å². The van der Waals surface area contributed by atoms with Crippen LogP contribution in [-0.2, 0) is 11.3 Å². The van der Waals surface area contributed by atoms with Crippen LogP contribution in [0.2, 0.25) is 0 Å². The van der Waals surface area contributed by atoms with Crippen LogP contribution in [0.5, 0.6) is 0 Å². The van der Waals surface area contributed by atoms with E-state index in [-0.39, 0.29) is 11.8 Å². The molecule has 1 aliphatic heterocycles. The molecule has 0 atom stereocenters. The van der Waals surface area contributed by atoms with E-state index in [1.54, 1.807) is 0 Å². The van der Waals surface area contributed by atoms with Crippen LogP contribution >= 0.6 is 11.8 Å².